The third-order valence-corrected chi connectivity index (χ3v) is 13.2. The van der Waals surface area contributed by atoms with Gasteiger partial charge in [-0.2, -0.15) is 0 Å². The number of amides is 1. The number of ketones is 1. The molecule has 13 nitrogen and oxygen atoms in total. The number of nitrogens with one attached hydrogen (secondary N) is 1. The molecule has 4 aliphatic rings. The molecular weight excluding hydrogens is 771 g/mol. The second kappa shape index (κ2) is 16.4. The first-order valence-corrected chi connectivity index (χ1v) is 20.3. The van der Waals surface area contributed by atoms with E-state index in [1.165, 1.54) is 13.8 Å². The van der Waals surface area contributed by atoms with E-state index in [4.69, 9.17) is 23.7 Å². The largest absolute Gasteiger partial charge is 0.457 e. The molecule has 3 aliphatic carbocycles. The average Bonchev–Trinajstić information content (AvgIpc) is 3.23. The van der Waals surface area contributed by atoms with Crippen molar-refractivity contribution in [3.05, 3.63) is 119 Å². The molecule has 2 unspecified atom stereocenters. The lowest BCUT2D eigenvalue weighted by molar-refractivity contribution is -0.335. The summed E-state index contributed by atoms with van der Waals surface area (Å²) in [6.45, 7) is 9.04. The Hall–Kier alpha value is -5.66. The average molecular weight is 822 g/mol. The van der Waals surface area contributed by atoms with Gasteiger partial charge in [-0.15, -0.1) is 0 Å². The van der Waals surface area contributed by atoms with Crippen molar-refractivity contribution < 1.29 is 57.6 Å². The van der Waals surface area contributed by atoms with E-state index in [9.17, 15) is 29.1 Å². The molecule has 2 saturated carbocycles. The van der Waals surface area contributed by atoms with Crippen molar-refractivity contribution in [1.82, 2.24) is 5.32 Å². The van der Waals surface area contributed by atoms with Gasteiger partial charge in [0.15, 0.2) is 17.5 Å². The highest BCUT2D eigenvalue weighted by Gasteiger charge is 2.75. The topological polar surface area (TPSA) is 181 Å². The Morgan fingerprint density at radius 3 is 2.02 bits per heavy atom. The van der Waals surface area contributed by atoms with Crippen LogP contribution in [-0.4, -0.2) is 82.9 Å². The van der Waals surface area contributed by atoms with Crippen molar-refractivity contribution in [2.75, 3.05) is 6.61 Å². The fourth-order valence-corrected chi connectivity index (χ4v) is 9.90. The van der Waals surface area contributed by atoms with Gasteiger partial charge in [0, 0.05) is 37.7 Å². The maximum absolute atomic E-state index is 15.4. The molecule has 0 spiro atoms. The normalized spacial score (nSPS) is 31.6. The van der Waals surface area contributed by atoms with Crippen LogP contribution in [0.1, 0.15) is 93.1 Å². The number of aliphatic hydroxyl groups is 1. The molecule has 1 aliphatic heterocycles. The molecule has 0 aromatic heterocycles. The minimum absolute atomic E-state index is 0.154. The van der Waals surface area contributed by atoms with E-state index < -0.39 is 100 Å². The Labute approximate surface area is 348 Å². The van der Waals surface area contributed by atoms with Crippen molar-refractivity contribution in [2.24, 2.45) is 23.2 Å². The zero-order valence-electron chi connectivity index (χ0n) is 34.5. The Bertz CT molecular complexity index is 2190. The molecule has 7 rings (SSSR count). The summed E-state index contributed by atoms with van der Waals surface area (Å²) in [4.78, 5) is 83.3. The summed E-state index contributed by atoms with van der Waals surface area (Å²) in [5.41, 5.74) is -3.38. The summed E-state index contributed by atoms with van der Waals surface area (Å²) in [6, 6.07) is 24.8. The first kappa shape index (κ1) is 42.5. The second-order valence-corrected chi connectivity index (χ2v) is 16.9. The molecule has 1 saturated heterocycles. The van der Waals surface area contributed by atoms with Gasteiger partial charge in [0.2, 0.25) is 0 Å². The highest BCUT2D eigenvalue weighted by molar-refractivity contribution is 5.96. The van der Waals surface area contributed by atoms with Crippen LogP contribution in [0.25, 0.3) is 0 Å². The van der Waals surface area contributed by atoms with Crippen LogP contribution in [0.2, 0.25) is 0 Å². The number of hydrogen-bond acceptors (Lipinski definition) is 12. The smallest absolute Gasteiger partial charge is 0.338 e. The highest BCUT2D eigenvalue weighted by atomic mass is 16.6. The molecule has 316 valence electrons. The minimum atomic E-state index is -2.09. The van der Waals surface area contributed by atoms with E-state index in [1.54, 1.807) is 106 Å². The van der Waals surface area contributed by atoms with E-state index in [2.05, 4.69) is 5.32 Å². The van der Waals surface area contributed by atoms with E-state index in [0.29, 0.717) is 16.7 Å². The number of fused-ring (bicyclic) bond motifs is 5. The van der Waals surface area contributed by atoms with E-state index in [1.807, 2.05) is 13.0 Å². The molecule has 1 amide bonds. The van der Waals surface area contributed by atoms with Crippen LogP contribution in [0.3, 0.4) is 0 Å². The Morgan fingerprint density at radius 1 is 0.850 bits per heavy atom. The monoisotopic (exact) mass is 821 g/mol. The Morgan fingerprint density at radius 2 is 1.45 bits per heavy atom. The summed E-state index contributed by atoms with van der Waals surface area (Å²) < 4.78 is 30.7. The molecule has 0 radical (unpaired) electrons. The van der Waals surface area contributed by atoms with Crippen LogP contribution in [0.4, 0.5) is 0 Å². The predicted octanol–water partition coefficient (Wildman–Crippen LogP) is 5.65. The standard InChI is InChI=1S/C47H51NO12/c1-26-22-36-47(25-56-36,60-30(5)50)39-41(59-44(54)33-20-14-9-15-21-33)46(55)23-34(38(57-29(4)49)40(51)45(26,39)6)27(2)35(24-46)58-43(53)28(3)37(31-16-10-7-11-17-31)48-42(52)32-18-12-8-13-19-32/h7-21,26,28,35-39,41,55H,22-25H2,1-6H3,(H,48,52)/t26-,28+,35?,36+,37+,38+,39?,41-,45+,46+,47-/m0/s1. The number of carbonyl (C=O) groups excluding carboxylic acids is 6. The summed E-state index contributed by atoms with van der Waals surface area (Å²) >= 11 is 0. The van der Waals surface area contributed by atoms with Crippen molar-refractivity contribution >= 4 is 35.6 Å². The first-order valence-electron chi connectivity index (χ1n) is 20.3. The Balaban J connectivity index is 1.34. The molecule has 3 aromatic rings. The van der Waals surface area contributed by atoms with Gasteiger partial charge in [0.25, 0.3) is 5.91 Å². The maximum Gasteiger partial charge on any atom is 0.338 e. The lowest BCUT2D eigenvalue weighted by Gasteiger charge is -2.66. The zero-order chi connectivity index (χ0) is 43.1. The minimum Gasteiger partial charge on any atom is -0.457 e. The zero-order valence-corrected chi connectivity index (χ0v) is 34.5. The molecule has 2 N–H and O–H groups in total. The number of ether oxygens (including phenoxy) is 5. The third-order valence-electron chi connectivity index (χ3n) is 13.2. The van der Waals surface area contributed by atoms with Crippen LogP contribution < -0.4 is 5.32 Å². The fraction of sp³-hybridized carbons (Fsp3) is 0.447. The molecular formula is C47H51NO12. The number of rotatable bonds is 10. The number of hydrogen-bond donors (Lipinski definition) is 2. The van der Waals surface area contributed by atoms with Crippen LogP contribution in [0.15, 0.2) is 102 Å². The van der Waals surface area contributed by atoms with E-state index in [-0.39, 0.29) is 37.0 Å². The number of benzene rings is 3. The van der Waals surface area contributed by atoms with Crippen LogP contribution in [0.5, 0.6) is 0 Å². The van der Waals surface area contributed by atoms with Gasteiger partial charge in [-0.25, -0.2) is 4.79 Å². The first-order chi connectivity index (χ1) is 28.5. The SMILES string of the molecule is CC(=O)O[C@H]1C(=O)[C@@]2(C)C([C@H](OC(=O)c3ccccc3)[C@@]3(O)CC1=C(C)C(OC(=O)[C@H](C)[C@@H](NC(=O)c1ccccc1)c1ccccc1)C3)[C@]1(OC(C)=O)CO[C@@H]1C[C@@H]2C. The van der Waals surface area contributed by atoms with Gasteiger partial charge in [0.05, 0.1) is 30.0 Å². The molecule has 3 aromatic carbocycles. The number of Topliss-reactive ketones (excluding diaryl/α,β-unsaturated/α-hetero) is 1. The van der Waals surface area contributed by atoms with Gasteiger partial charge in [0.1, 0.15) is 23.9 Å². The third kappa shape index (κ3) is 7.53. The summed E-state index contributed by atoms with van der Waals surface area (Å²) in [5, 5.41) is 16.3. The van der Waals surface area contributed by atoms with Crippen molar-refractivity contribution in [1.29, 1.82) is 0 Å². The van der Waals surface area contributed by atoms with Crippen molar-refractivity contribution in [2.45, 2.75) is 102 Å². The molecule has 11 atom stereocenters. The van der Waals surface area contributed by atoms with Crippen LogP contribution in [0, 0.1) is 23.2 Å². The van der Waals surface area contributed by atoms with E-state index in [0.717, 1.165) is 0 Å². The van der Waals surface area contributed by atoms with Gasteiger partial charge in [-0.1, -0.05) is 80.6 Å². The van der Waals surface area contributed by atoms with Gasteiger partial charge < -0.3 is 34.1 Å². The van der Waals surface area contributed by atoms with Crippen molar-refractivity contribution in [3.63, 3.8) is 0 Å². The summed E-state index contributed by atoms with van der Waals surface area (Å²) in [7, 11) is 0. The lowest BCUT2D eigenvalue weighted by Crippen LogP contribution is -2.79. The van der Waals surface area contributed by atoms with Crippen LogP contribution >= 0.6 is 0 Å². The van der Waals surface area contributed by atoms with Gasteiger partial charge in [-0.3, -0.25) is 24.0 Å². The molecule has 2 bridgehead atoms. The number of esters is 4. The lowest BCUT2D eigenvalue weighted by atomic mass is 9.46. The summed E-state index contributed by atoms with van der Waals surface area (Å²) in [5.74, 6) is -6.65. The van der Waals surface area contributed by atoms with E-state index >= 15 is 4.79 Å². The second-order valence-electron chi connectivity index (χ2n) is 16.9. The van der Waals surface area contributed by atoms with Crippen molar-refractivity contribution in [3.8, 4) is 0 Å². The van der Waals surface area contributed by atoms with Gasteiger partial charge in [-0.05, 0) is 67.2 Å². The quantitative estimate of drug-likeness (QED) is 0.146. The van der Waals surface area contributed by atoms with Crippen LogP contribution in [-0.2, 0) is 42.9 Å². The molecule has 13 heteroatoms. The maximum atomic E-state index is 15.4. The fourth-order valence-electron chi connectivity index (χ4n) is 9.90. The molecule has 60 heavy (non-hydrogen) atoms. The summed E-state index contributed by atoms with van der Waals surface area (Å²) in [6.07, 6.45) is -5.40. The molecule has 3 fully saturated rings. The highest BCUT2D eigenvalue weighted by Crippen LogP contribution is 2.62. The molecule has 1 heterocycles. The number of carbonyl (C=O) groups is 6. The predicted molar refractivity (Wildman–Crippen MR) is 215 cm³/mol. The Kier molecular flexibility index (Phi) is 11.6. The van der Waals surface area contributed by atoms with Gasteiger partial charge >= 0.3 is 23.9 Å².